The van der Waals surface area contributed by atoms with Crippen molar-refractivity contribution in [3.63, 3.8) is 0 Å². The minimum absolute atomic E-state index is 0.0412. The summed E-state index contributed by atoms with van der Waals surface area (Å²) in [6.45, 7) is 3.31. The fourth-order valence-electron chi connectivity index (χ4n) is 5.41. The molecular formula is C40H20F9NOS. The number of benzene rings is 5. The van der Waals surface area contributed by atoms with Crippen LogP contribution in [0.25, 0.3) is 33.2 Å². The molecule has 0 atom stereocenters. The summed E-state index contributed by atoms with van der Waals surface area (Å²) in [5.41, 5.74) is -1.76. The Bertz CT molecular complexity index is 2520. The van der Waals surface area contributed by atoms with Crippen molar-refractivity contribution in [2.75, 3.05) is 0 Å². The summed E-state index contributed by atoms with van der Waals surface area (Å²) in [6.07, 6.45) is -3.18. The minimum Gasteiger partial charge on any atom is -0.429 e. The third kappa shape index (κ3) is 7.03. The van der Waals surface area contributed by atoms with Gasteiger partial charge in [0.15, 0.2) is 5.82 Å². The first-order chi connectivity index (χ1) is 24.7. The second kappa shape index (κ2) is 14.0. The summed E-state index contributed by atoms with van der Waals surface area (Å²) in [4.78, 5) is 4.02. The van der Waals surface area contributed by atoms with Gasteiger partial charge >= 0.3 is 6.11 Å². The van der Waals surface area contributed by atoms with Gasteiger partial charge in [-0.15, -0.1) is 0 Å². The highest BCUT2D eigenvalue weighted by Crippen LogP contribution is 2.39. The number of ether oxygens (including phenoxy) is 1. The summed E-state index contributed by atoms with van der Waals surface area (Å²) in [5, 5.41) is 1.26. The predicted molar refractivity (Wildman–Crippen MR) is 181 cm³/mol. The van der Waals surface area contributed by atoms with Crippen LogP contribution in [-0.4, -0.2) is 4.98 Å². The lowest BCUT2D eigenvalue weighted by molar-refractivity contribution is -0.189. The highest BCUT2D eigenvalue weighted by atomic mass is 32.1. The first-order valence-electron chi connectivity index (χ1n) is 15.0. The first kappa shape index (κ1) is 36.0. The maximum Gasteiger partial charge on any atom is 0.432 e. The molecule has 0 saturated carbocycles. The van der Waals surface area contributed by atoms with Crippen LogP contribution in [0.4, 0.5) is 39.5 Å². The highest BCUT2D eigenvalue weighted by molar-refractivity contribution is 7.85. The second-order valence-electron chi connectivity index (χ2n) is 11.5. The van der Waals surface area contributed by atoms with Crippen molar-refractivity contribution in [1.82, 2.24) is 4.98 Å². The molecule has 0 radical (unpaired) electrons. The first-order valence-corrected chi connectivity index (χ1v) is 15.5. The van der Waals surface area contributed by atoms with Gasteiger partial charge in [0.25, 0.3) is 0 Å². The van der Waals surface area contributed by atoms with E-state index in [2.05, 4.69) is 45.4 Å². The number of rotatable bonds is 5. The van der Waals surface area contributed by atoms with E-state index in [4.69, 9.17) is 0 Å². The van der Waals surface area contributed by atoms with Crippen LogP contribution in [-0.2, 0) is 6.11 Å². The zero-order chi connectivity index (χ0) is 37.5. The summed E-state index contributed by atoms with van der Waals surface area (Å²) in [7, 11) is 0. The summed E-state index contributed by atoms with van der Waals surface area (Å²) >= 11 is 3.73. The average molecular weight is 734 g/mol. The third-order valence-electron chi connectivity index (χ3n) is 7.95. The van der Waals surface area contributed by atoms with Gasteiger partial charge in [-0.05, 0) is 102 Å². The zero-order valence-electron chi connectivity index (χ0n) is 26.7. The molecule has 6 rings (SSSR count). The molecule has 5 aromatic carbocycles. The van der Waals surface area contributed by atoms with E-state index in [0.29, 0.717) is 23.8 Å². The van der Waals surface area contributed by atoms with Crippen molar-refractivity contribution in [2.45, 2.75) is 20.0 Å². The van der Waals surface area contributed by atoms with Crippen LogP contribution in [0.3, 0.4) is 0 Å². The molecule has 0 N–H and O–H groups in total. The van der Waals surface area contributed by atoms with Crippen molar-refractivity contribution in [2.24, 2.45) is 0 Å². The topological polar surface area (TPSA) is 22.1 Å². The lowest BCUT2D eigenvalue weighted by Gasteiger charge is -2.20. The molecule has 0 aliphatic heterocycles. The van der Waals surface area contributed by atoms with E-state index in [1.807, 2.05) is 0 Å². The molecule has 0 fully saturated rings. The Morgan fingerprint density at radius 1 is 0.654 bits per heavy atom. The number of alkyl halides is 2. The van der Waals surface area contributed by atoms with E-state index < -0.39 is 69.1 Å². The van der Waals surface area contributed by atoms with Crippen molar-refractivity contribution in [3.8, 4) is 51.1 Å². The van der Waals surface area contributed by atoms with Gasteiger partial charge in [-0.25, -0.2) is 30.7 Å². The molecule has 1 heterocycles. The van der Waals surface area contributed by atoms with E-state index in [1.165, 1.54) is 18.3 Å². The third-order valence-corrected chi connectivity index (χ3v) is 8.06. The summed E-state index contributed by atoms with van der Waals surface area (Å²) < 4.78 is 140. The van der Waals surface area contributed by atoms with Crippen LogP contribution >= 0.6 is 12.6 Å². The number of hydrogen-bond donors (Lipinski definition) is 1. The van der Waals surface area contributed by atoms with Gasteiger partial charge in [0.2, 0.25) is 0 Å². The Morgan fingerprint density at radius 2 is 1.37 bits per heavy atom. The molecule has 0 spiro atoms. The van der Waals surface area contributed by atoms with E-state index in [9.17, 15) is 13.2 Å². The van der Waals surface area contributed by atoms with Crippen LogP contribution in [0.5, 0.6) is 5.75 Å². The SMILES string of the molecule is Cc1ccc(-c2cc(F)c(C(F)(F)Oc3ccc(-c4cc(F)c5c(F)c(C#Cc6cc(F)c(C#CS)cc6C)c(F)cc5c4)c(F)c3)c(F)c2)nc1. The average Bonchev–Trinajstić information content (AvgIpc) is 3.06. The van der Waals surface area contributed by atoms with E-state index in [0.717, 1.165) is 42.0 Å². The lowest BCUT2D eigenvalue weighted by Crippen LogP contribution is -2.25. The number of aryl methyl sites for hydroxylation is 2. The molecule has 0 bridgehead atoms. The monoisotopic (exact) mass is 733 g/mol. The van der Waals surface area contributed by atoms with Gasteiger partial charge in [-0.1, -0.05) is 36.5 Å². The largest absolute Gasteiger partial charge is 0.432 e. The molecule has 260 valence electrons. The fourth-order valence-corrected chi connectivity index (χ4v) is 5.53. The van der Waals surface area contributed by atoms with Gasteiger partial charge < -0.3 is 4.74 Å². The molecule has 0 saturated heterocycles. The van der Waals surface area contributed by atoms with Crippen LogP contribution in [0, 0.1) is 77.6 Å². The van der Waals surface area contributed by atoms with Crippen LogP contribution in [0.2, 0.25) is 0 Å². The maximum atomic E-state index is 15.5. The van der Waals surface area contributed by atoms with E-state index >= 15 is 26.3 Å². The molecular weight excluding hydrogens is 713 g/mol. The number of fused-ring (bicyclic) bond motifs is 1. The Kier molecular flexibility index (Phi) is 9.71. The van der Waals surface area contributed by atoms with Gasteiger partial charge in [-0.2, -0.15) is 8.78 Å². The van der Waals surface area contributed by atoms with E-state index in [1.54, 1.807) is 19.9 Å². The van der Waals surface area contributed by atoms with Crippen LogP contribution < -0.4 is 4.74 Å². The van der Waals surface area contributed by atoms with Crippen molar-refractivity contribution < 1.29 is 44.3 Å². The Hall–Kier alpha value is -5.85. The minimum atomic E-state index is -4.61. The molecule has 1 aromatic heterocycles. The van der Waals surface area contributed by atoms with Gasteiger partial charge in [0.05, 0.1) is 22.2 Å². The van der Waals surface area contributed by atoms with Crippen molar-refractivity contribution in [1.29, 1.82) is 0 Å². The van der Waals surface area contributed by atoms with Crippen LogP contribution in [0.15, 0.2) is 79.0 Å². The van der Waals surface area contributed by atoms with Crippen LogP contribution in [0.1, 0.15) is 33.4 Å². The summed E-state index contributed by atoms with van der Waals surface area (Å²) in [5.74, 6) is -2.67. The number of thiol groups is 1. The summed E-state index contributed by atoms with van der Waals surface area (Å²) in [6, 6.07) is 11.6. The van der Waals surface area contributed by atoms with Gasteiger partial charge in [0.1, 0.15) is 46.2 Å². The standard InChI is InChI=1S/C40H20F9NOS/c1-20-3-8-36(50-19-20)25-15-34(45)38(35(46)16-25)40(48,49)51-27-5-7-28(32(43)18-27)24-12-26-17-31(42)29(39(47)37(26)33(44)14-24)6-4-22-13-30(41)23(9-10-52)11-21(22)2/h3,5,7-8,11-19,52H,1-2H3. The van der Waals surface area contributed by atoms with Gasteiger partial charge in [0, 0.05) is 29.0 Å². The number of pyridine rings is 1. The number of aromatic nitrogens is 1. The second-order valence-corrected chi connectivity index (χ2v) is 11.8. The molecule has 12 heteroatoms. The molecule has 0 aliphatic carbocycles. The maximum absolute atomic E-state index is 15.5. The van der Waals surface area contributed by atoms with Crippen molar-refractivity contribution >= 4 is 23.4 Å². The zero-order valence-corrected chi connectivity index (χ0v) is 27.6. The molecule has 0 amide bonds. The van der Waals surface area contributed by atoms with E-state index in [-0.39, 0.29) is 38.9 Å². The van der Waals surface area contributed by atoms with Crippen molar-refractivity contribution in [3.05, 3.63) is 153 Å². The number of nitrogens with zero attached hydrogens (tertiary/aromatic N) is 1. The quantitative estimate of drug-likeness (QED) is 0.108. The Morgan fingerprint density at radius 3 is 2.02 bits per heavy atom. The molecule has 0 aliphatic rings. The fraction of sp³-hybridized carbons (Fsp3) is 0.0750. The number of hydrogen-bond acceptors (Lipinski definition) is 3. The Balaban J connectivity index is 1.29. The highest BCUT2D eigenvalue weighted by Gasteiger charge is 2.41. The molecule has 2 nitrogen and oxygen atoms in total. The molecule has 0 unspecified atom stereocenters. The smallest absolute Gasteiger partial charge is 0.429 e. The lowest BCUT2D eigenvalue weighted by atomic mass is 9.98. The predicted octanol–water partition coefficient (Wildman–Crippen LogP) is 10.9. The normalized spacial score (nSPS) is 11.2. The number of halogens is 9. The molecule has 52 heavy (non-hydrogen) atoms. The van der Waals surface area contributed by atoms with Gasteiger partial charge in [-0.3, -0.25) is 4.98 Å². The Labute approximate surface area is 296 Å². The molecule has 6 aromatic rings.